The number of hydrogen-bond donors (Lipinski definition) is 4. The lowest BCUT2D eigenvalue weighted by Crippen LogP contribution is -2.59. The molecule has 0 aliphatic carbocycles. The molecule has 5 unspecified atom stereocenters. The van der Waals surface area contributed by atoms with E-state index in [4.69, 9.17) is 14.6 Å². The standard InChI is InChI=1S/C10H18O8S/c1-19(15,16)4-2-3-17-10-9(14)8(13)7(12)6(5-11)18-10/h2,4,6-14H,3,5H2,1H3. The van der Waals surface area contributed by atoms with Crippen LogP contribution in [0, 0.1) is 0 Å². The van der Waals surface area contributed by atoms with Crippen molar-refractivity contribution in [2.24, 2.45) is 0 Å². The molecule has 0 aromatic rings. The quantitative estimate of drug-likeness (QED) is 0.433. The van der Waals surface area contributed by atoms with Crippen molar-refractivity contribution >= 4 is 9.84 Å². The average Bonchev–Trinajstić information content (AvgIpc) is 2.33. The largest absolute Gasteiger partial charge is 0.394 e. The highest BCUT2D eigenvalue weighted by atomic mass is 32.2. The van der Waals surface area contributed by atoms with E-state index in [1.807, 2.05) is 0 Å². The van der Waals surface area contributed by atoms with Crippen molar-refractivity contribution in [3.05, 3.63) is 11.5 Å². The minimum atomic E-state index is -3.27. The fourth-order valence-corrected chi connectivity index (χ4v) is 2.00. The molecule has 9 heteroatoms. The van der Waals surface area contributed by atoms with E-state index < -0.39 is 47.2 Å². The molecular weight excluding hydrogens is 280 g/mol. The van der Waals surface area contributed by atoms with E-state index in [-0.39, 0.29) is 6.61 Å². The van der Waals surface area contributed by atoms with Crippen LogP contribution in [0.15, 0.2) is 11.5 Å². The van der Waals surface area contributed by atoms with Gasteiger partial charge in [-0.25, -0.2) is 8.42 Å². The van der Waals surface area contributed by atoms with Gasteiger partial charge in [0.25, 0.3) is 0 Å². The Morgan fingerprint density at radius 3 is 2.37 bits per heavy atom. The van der Waals surface area contributed by atoms with Crippen LogP contribution in [-0.2, 0) is 19.3 Å². The van der Waals surface area contributed by atoms with E-state index in [0.29, 0.717) is 0 Å². The molecule has 1 fully saturated rings. The first-order valence-corrected chi connectivity index (χ1v) is 7.50. The molecule has 19 heavy (non-hydrogen) atoms. The zero-order valence-electron chi connectivity index (χ0n) is 10.3. The number of aliphatic hydroxyl groups excluding tert-OH is 4. The molecule has 0 bridgehead atoms. The SMILES string of the molecule is CS(=O)(=O)C=CCOC1OC(CO)C(O)C(O)C1O. The lowest BCUT2D eigenvalue weighted by Gasteiger charge is -2.39. The Balaban J connectivity index is 2.55. The first-order chi connectivity index (χ1) is 8.76. The lowest BCUT2D eigenvalue weighted by atomic mass is 9.99. The van der Waals surface area contributed by atoms with Crippen molar-refractivity contribution in [1.82, 2.24) is 0 Å². The fraction of sp³-hybridized carbons (Fsp3) is 0.800. The topological polar surface area (TPSA) is 134 Å². The smallest absolute Gasteiger partial charge is 0.187 e. The molecule has 1 heterocycles. The zero-order chi connectivity index (χ0) is 14.6. The van der Waals surface area contributed by atoms with Gasteiger partial charge in [-0.3, -0.25) is 0 Å². The van der Waals surface area contributed by atoms with E-state index >= 15 is 0 Å². The highest BCUT2D eigenvalue weighted by molar-refractivity contribution is 7.93. The Labute approximate surface area is 110 Å². The highest BCUT2D eigenvalue weighted by Gasteiger charge is 2.43. The Hall–Kier alpha value is -0.550. The van der Waals surface area contributed by atoms with Gasteiger partial charge in [0.2, 0.25) is 0 Å². The van der Waals surface area contributed by atoms with Crippen molar-refractivity contribution in [2.45, 2.75) is 30.7 Å². The number of aliphatic hydroxyl groups is 4. The van der Waals surface area contributed by atoms with Gasteiger partial charge in [0.15, 0.2) is 16.1 Å². The maximum absolute atomic E-state index is 10.8. The maximum atomic E-state index is 10.8. The summed E-state index contributed by atoms with van der Waals surface area (Å²) in [6.07, 6.45) is -4.57. The van der Waals surface area contributed by atoms with Crippen LogP contribution in [0.1, 0.15) is 0 Å². The molecule has 0 aromatic carbocycles. The van der Waals surface area contributed by atoms with Gasteiger partial charge >= 0.3 is 0 Å². The molecule has 0 aromatic heterocycles. The summed E-state index contributed by atoms with van der Waals surface area (Å²) in [6.45, 7) is -0.722. The van der Waals surface area contributed by atoms with Gasteiger partial charge in [0.05, 0.1) is 13.2 Å². The first-order valence-electron chi connectivity index (χ1n) is 5.55. The van der Waals surface area contributed by atoms with Crippen LogP contribution in [0.2, 0.25) is 0 Å². The minimum absolute atomic E-state index is 0.171. The third-order valence-electron chi connectivity index (χ3n) is 2.55. The second-order valence-corrected chi connectivity index (χ2v) is 6.16. The second-order valence-electron chi connectivity index (χ2n) is 4.23. The molecule has 0 spiro atoms. The van der Waals surface area contributed by atoms with Crippen LogP contribution in [-0.4, -0.2) is 79.0 Å². The molecule has 112 valence electrons. The summed E-state index contributed by atoms with van der Waals surface area (Å²) < 4.78 is 31.7. The summed E-state index contributed by atoms with van der Waals surface area (Å²) in [7, 11) is -3.27. The number of rotatable bonds is 5. The van der Waals surface area contributed by atoms with E-state index in [9.17, 15) is 23.7 Å². The van der Waals surface area contributed by atoms with Crippen molar-refractivity contribution in [2.75, 3.05) is 19.5 Å². The normalized spacial score (nSPS) is 36.8. The van der Waals surface area contributed by atoms with Crippen LogP contribution in [0.25, 0.3) is 0 Å². The molecule has 0 amide bonds. The first kappa shape index (κ1) is 16.5. The summed E-state index contributed by atoms with van der Waals surface area (Å²) in [5.74, 6) is 0. The summed E-state index contributed by atoms with van der Waals surface area (Å²) >= 11 is 0. The van der Waals surface area contributed by atoms with Gasteiger partial charge in [-0.05, 0) is 6.08 Å². The minimum Gasteiger partial charge on any atom is -0.394 e. The van der Waals surface area contributed by atoms with Crippen LogP contribution in [0.5, 0.6) is 0 Å². The van der Waals surface area contributed by atoms with Crippen molar-refractivity contribution in [3.8, 4) is 0 Å². The summed E-state index contributed by atoms with van der Waals surface area (Å²) in [5.41, 5.74) is 0. The van der Waals surface area contributed by atoms with Gasteiger partial charge in [-0.1, -0.05) is 0 Å². The van der Waals surface area contributed by atoms with Crippen LogP contribution >= 0.6 is 0 Å². The van der Waals surface area contributed by atoms with Gasteiger partial charge in [0.1, 0.15) is 24.4 Å². The Kier molecular flexibility index (Phi) is 5.86. The van der Waals surface area contributed by atoms with Crippen LogP contribution in [0.4, 0.5) is 0 Å². The van der Waals surface area contributed by atoms with E-state index in [1.165, 1.54) is 6.08 Å². The molecule has 8 nitrogen and oxygen atoms in total. The summed E-state index contributed by atoms with van der Waals surface area (Å²) in [4.78, 5) is 0. The van der Waals surface area contributed by atoms with E-state index in [2.05, 4.69) is 0 Å². The highest BCUT2D eigenvalue weighted by Crippen LogP contribution is 2.21. The molecule has 4 N–H and O–H groups in total. The fourth-order valence-electron chi connectivity index (χ4n) is 1.57. The van der Waals surface area contributed by atoms with Crippen molar-refractivity contribution in [3.63, 3.8) is 0 Å². The molecule has 5 atom stereocenters. The monoisotopic (exact) mass is 298 g/mol. The molecular formula is C10H18O8S. The van der Waals surface area contributed by atoms with E-state index in [1.54, 1.807) is 0 Å². The van der Waals surface area contributed by atoms with Crippen LogP contribution in [0.3, 0.4) is 0 Å². The Morgan fingerprint density at radius 1 is 1.21 bits per heavy atom. The second kappa shape index (κ2) is 6.75. The predicted octanol–water partition coefficient (Wildman–Crippen LogP) is -2.64. The van der Waals surface area contributed by atoms with Gasteiger partial charge in [-0.15, -0.1) is 0 Å². The van der Waals surface area contributed by atoms with Crippen molar-refractivity contribution in [1.29, 1.82) is 0 Å². The molecule has 1 rings (SSSR count). The third-order valence-corrected chi connectivity index (χ3v) is 3.24. The molecule has 1 aliphatic heterocycles. The van der Waals surface area contributed by atoms with Gasteiger partial charge in [-0.2, -0.15) is 0 Å². The Morgan fingerprint density at radius 2 is 1.84 bits per heavy atom. The summed E-state index contributed by atoms with van der Waals surface area (Å²) in [5, 5.41) is 38.4. The number of ether oxygens (including phenoxy) is 2. The molecule has 1 saturated heterocycles. The number of hydrogen-bond acceptors (Lipinski definition) is 8. The van der Waals surface area contributed by atoms with Gasteiger partial charge in [0, 0.05) is 11.7 Å². The zero-order valence-corrected chi connectivity index (χ0v) is 11.1. The predicted molar refractivity (Wildman–Crippen MR) is 63.7 cm³/mol. The average molecular weight is 298 g/mol. The maximum Gasteiger partial charge on any atom is 0.187 e. The van der Waals surface area contributed by atoms with Gasteiger partial charge < -0.3 is 29.9 Å². The summed E-state index contributed by atoms with van der Waals surface area (Å²) in [6, 6.07) is 0. The number of sulfone groups is 1. The molecule has 0 saturated carbocycles. The third kappa shape index (κ3) is 4.80. The van der Waals surface area contributed by atoms with Crippen LogP contribution < -0.4 is 0 Å². The lowest BCUT2D eigenvalue weighted by molar-refractivity contribution is -0.298. The molecule has 1 aliphatic rings. The van der Waals surface area contributed by atoms with Crippen molar-refractivity contribution < 1.29 is 38.3 Å². The Bertz CT molecular complexity index is 404. The van der Waals surface area contributed by atoms with E-state index in [0.717, 1.165) is 11.7 Å². The molecule has 0 radical (unpaired) electrons.